The normalized spacial score (nSPS) is 24.8. The summed E-state index contributed by atoms with van der Waals surface area (Å²) >= 11 is 6.34. The topological polar surface area (TPSA) is 70.0 Å². The third-order valence-corrected chi connectivity index (χ3v) is 7.10. The third-order valence-electron chi connectivity index (χ3n) is 6.78. The Balaban J connectivity index is 1.51. The number of hydrogen-bond acceptors (Lipinski definition) is 5. The number of benzene rings is 3. The third kappa shape index (κ3) is 2.86. The summed E-state index contributed by atoms with van der Waals surface area (Å²) in [5.74, 6) is -3.56. The van der Waals surface area contributed by atoms with Crippen LogP contribution in [0.15, 0.2) is 77.9 Å². The molecule has 8 heteroatoms. The van der Waals surface area contributed by atoms with Gasteiger partial charge in [0.15, 0.2) is 5.78 Å². The quantitative estimate of drug-likeness (QED) is 0.421. The Kier molecular flexibility index (Phi) is 4.64. The zero-order valence-electron chi connectivity index (χ0n) is 17.6. The number of rotatable bonds is 3. The number of hydrazone groups is 1. The number of carbonyl (C=O) groups is 3. The van der Waals surface area contributed by atoms with Crippen LogP contribution < -0.4 is 4.90 Å². The Hall–Kier alpha value is -3.84. The summed E-state index contributed by atoms with van der Waals surface area (Å²) in [6.07, 6.45) is 1.64. The Bertz CT molecular complexity index is 1390. The lowest BCUT2D eigenvalue weighted by Crippen LogP contribution is -2.44. The van der Waals surface area contributed by atoms with Gasteiger partial charge in [0.05, 0.1) is 34.8 Å². The van der Waals surface area contributed by atoms with Gasteiger partial charge in [-0.05, 0) is 47.5 Å². The fraction of sp³-hybridized carbons (Fsp3) is 0.154. The van der Waals surface area contributed by atoms with Gasteiger partial charge in [-0.2, -0.15) is 5.10 Å². The minimum atomic E-state index is -1.02. The monoisotopic (exact) mass is 473 g/mol. The molecule has 0 saturated carbocycles. The molecular formula is C26H17ClFN3O3. The molecule has 6 rings (SSSR count). The molecule has 168 valence electrons. The highest BCUT2D eigenvalue weighted by atomic mass is 35.5. The number of nitrogens with zero attached hydrogens (tertiary/aromatic N) is 3. The van der Waals surface area contributed by atoms with Crippen molar-refractivity contribution in [3.8, 4) is 0 Å². The highest BCUT2D eigenvalue weighted by Crippen LogP contribution is 2.53. The van der Waals surface area contributed by atoms with Crippen LogP contribution in [0.4, 0.5) is 10.1 Å². The Labute approximate surface area is 199 Å². The molecule has 0 bridgehead atoms. The summed E-state index contributed by atoms with van der Waals surface area (Å²) in [5.41, 5.74) is 2.19. The van der Waals surface area contributed by atoms with Crippen molar-refractivity contribution >= 4 is 41.1 Å². The van der Waals surface area contributed by atoms with E-state index in [9.17, 15) is 18.8 Å². The van der Waals surface area contributed by atoms with Crippen molar-refractivity contribution in [3.05, 3.63) is 100 Å². The first-order chi connectivity index (χ1) is 16.5. The van der Waals surface area contributed by atoms with E-state index in [0.717, 1.165) is 16.0 Å². The number of carbonyl (C=O) groups excluding carboxylic acids is 3. The minimum Gasteiger partial charge on any atom is -0.292 e. The van der Waals surface area contributed by atoms with E-state index in [4.69, 9.17) is 11.6 Å². The average Bonchev–Trinajstić information content (AvgIpc) is 3.32. The number of amides is 2. The maximum absolute atomic E-state index is 13.8. The molecule has 0 N–H and O–H groups in total. The predicted molar refractivity (Wildman–Crippen MR) is 124 cm³/mol. The molecule has 0 unspecified atom stereocenters. The lowest BCUT2D eigenvalue weighted by Gasteiger charge is -2.33. The lowest BCUT2D eigenvalue weighted by molar-refractivity contribution is -0.124. The van der Waals surface area contributed by atoms with Crippen LogP contribution in [-0.4, -0.2) is 34.9 Å². The molecule has 2 amide bonds. The second-order valence-electron chi connectivity index (χ2n) is 8.53. The number of imide groups is 1. The van der Waals surface area contributed by atoms with Gasteiger partial charge in [0, 0.05) is 5.56 Å². The van der Waals surface area contributed by atoms with Crippen LogP contribution >= 0.6 is 11.6 Å². The standard InChI is InChI=1S/C26H17ClFN3O3/c27-18-7-3-4-8-19(18)30-25(33)20-21(26(30)34)23(24(32)14-9-11-16(28)12-10-14)31-22(20)17-6-2-1-5-15(17)13-29-31/h1-13,20-23H/t20-,21-,22+,23+/m0/s1. The molecule has 2 saturated heterocycles. The fourth-order valence-electron chi connectivity index (χ4n) is 5.32. The average molecular weight is 474 g/mol. The van der Waals surface area contributed by atoms with E-state index in [2.05, 4.69) is 5.10 Å². The number of ketones is 1. The van der Waals surface area contributed by atoms with E-state index in [1.54, 1.807) is 35.5 Å². The van der Waals surface area contributed by atoms with Gasteiger partial charge < -0.3 is 0 Å². The van der Waals surface area contributed by atoms with Gasteiger partial charge in [0.25, 0.3) is 0 Å². The van der Waals surface area contributed by atoms with E-state index in [1.165, 1.54) is 24.3 Å². The Morgan fingerprint density at radius 2 is 1.56 bits per heavy atom. The van der Waals surface area contributed by atoms with Gasteiger partial charge in [-0.1, -0.05) is 48.0 Å². The number of hydrogen-bond donors (Lipinski definition) is 0. The van der Waals surface area contributed by atoms with Crippen LogP contribution in [-0.2, 0) is 9.59 Å². The zero-order chi connectivity index (χ0) is 23.6. The van der Waals surface area contributed by atoms with E-state index in [1.807, 2.05) is 24.3 Å². The first-order valence-electron chi connectivity index (χ1n) is 10.8. The van der Waals surface area contributed by atoms with Crippen LogP contribution in [0.2, 0.25) is 5.02 Å². The smallest absolute Gasteiger partial charge is 0.240 e. The van der Waals surface area contributed by atoms with Crippen molar-refractivity contribution in [1.29, 1.82) is 0 Å². The summed E-state index contributed by atoms with van der Waals surface area (Å²) in [6.45, 7) is 0. The number of anilines is 1. The highest BCUT2D eigenvalue weighted by molar-refractivity contribution is 6.36. The summed E-state index contributed by atoms with van der Waals surface area (Å²) < 4.78 is 13.5. The number of fused-ring (bicyclic) bond motifs is 5. The van der Waals surface area contributed by atoms with Crippen molar-refractivity contribution in [2.75, 3.05) is 4.90 Å². The fourth-order valence-corrected chi connectivity index (χ4v) is 5.54. The first-order valence-corrected chi connectivity index (χ1v) is 11.2. The summed E-state index contributed by atoms with van der Waals surface area (Å²) in [6, 6.07) is 17.7. The van der Waals surface area contributed by atoms with Gasteiger partial charge in [-0.15, -0.1) is 0 Å². The Morgan fingerprint density at radius 3 is 2.32 bits per heavy atom. The lowest BCUT2D eigenvalue weighted by atomic mass is 9.83. The molecule has 0 aliphatic carbocycles. The molecule has 0 spiro atoms. The van der Waals surface area contributed by atoms with Crippen molar-refractivity contribution < 1.29 is 18.8 Å². The molecule has 3 aromatic carbocycles. The second-order valence-corrected chi connectivity index (χ2v) is 8.94. The van der Waals surface area contributed by atoms with Crippen LogP contribution in [0.3, 0.4) is 0 Å². The summed E-state index contributed by atoms with van der Waals surface area (Å²) in [5, 5.41) is 6.35. The van der Waals surface area contributed by atoms with Gasteiger partial charge in [-0.3, -0.25) is 19.4 Å². The van der Waals surface area contributed by atoms with E-state index in [0.29, 0.717) is 5.69 Å². The summed E-state index contributed by atoms with van der Waals surface area (Å²) in [7, 11) is 0. The van der Waals surface area contributed by atoms with Crippen molar-refractivity contribution in [1.82, 2.24) is 5.01 Å². The van der Waals surface area contributed by atoms with Gasteiger partial charge in [-0.25, -0.2) is 9.29 Å². The first kappa shape index (κ1) is 20.7. The molecule has 3 heterocycles. The summed E-state index contributed by atoms with van der Waals surface area (Å²) in [4.78, 5) is 42.3. The molecule has 3 aliphatic heterocycles. The minimum absolute atomic E-state index is 0.247. The number of para-hydroxylation sites is 1. The molecule has 0 radical (unpaired) electrons. The molecular weight excluding hydrogens is 457 g/mol. The van der Waals surface area contributed by atoms with Crippen LogP contribution in [0.25, 0.3) is 0 Å². The van der Waals surface area contributed by atoms with E-state index >= 15 is 0 Å². The molecule has 2 fully saturated rings. The van der Waals surface area contributed by atoms with Crippen molar-refractivity contribution in [2.24, 2.45) is 16.9 Å². The molecule has 3 aromatic rings. The van der Waals surface area contributed by atoms with E-state index < -0.39 is 47.3 Å². The molecule has 3 aliphatic rings. The molecule has 34 heavy (non-hydrogen) atoms. The van der Waals surface area contributed by atoms with Crippen molar-refractivity contribution in [3.63, 3.8) is 0 Å². The number of Topliss-reactive ketones (excluding diaryl/α,β-unsaturated/α-hetero) is 1. The van der Waals surface area contributed by atoms with Gasteiger partial charge >= 0.3 is 0 Å². The Morgan fingerprint density at radius 1 is 0.882 bits per heavy atom. The van der Waals surface area contributed by atoms with Crippen LogP contribution in [0.1, 0.15) is 27.5 Å². The SMILES string of the molecule is O=C(c1ccc(F)cc1)[C@H]1[C@H]2C(=O)N(c3ccccc3Cl)C(=O)[C@@H]2[C@H]2c3ccccc3C=NN21. The largest absolute Gasteiger partial charge is 0.292 e. The molecule has 4 atom stereocenters. The highest BCUT2D eigenvalue weighted by Gasteiger charge is 2.65. The van der Waals surface area contributed by atoms with Crippen LogP contribution in [0.5, 0.6) is 0 Å². The van der Waals surface area contributed by atoms with Crippen LogP contribution in [0, 0.1) is 17.7 Å². The predicted octanol–water partition coefficient (Wildman–Crippen LogP) is 4.24. The number of halogens is 2. The maximum Gasteiger partial charge on any atom is 0.240 e. The second kappa shape index (κ2) is 7.60. The van der Waals surface area contributed by atoms with Gasteiger partial charge in [0.1, 0.15) is 11.9 Å². The molecule has 0 aromatic heterocycles. The van der Waals surface area contributed by atoms with Crippen molar-refractivity contribution in [2.45, 2.75) is 12.1 Å². The zero-order valence-corrected chi connectivity index (χ0v) is 18.4. The molecule has 6 nitrogen and oxygen atoms in total. The van der Waals surface area contributed by atoms with E-state index in [-0.39, 0.29) is 10.6 Å². The maximum atomic E-state index is 13.8. The van der Waals surface area contributed by atoms with Gasteiger partial charge in [0.2, 0.25) is 11.8 Å².